The van der Waals surface area contributed by atoms with E-state index >= 15 is 0 Å². The molecule has 2 rings (SSSR count). The molecule has 0 heterocycles. The predicted octanol–water partition coefficient (Wildman–Crippen LogP) is 3.36. The number of nitrogens with one attached hydrogen (secondary N) is 1. The molecule has 0 aliphatic carbocycles. The van der Waals surface area contributed by atoms with Crippen LogP contribution in [-0.4, -0.2) is 37.4 Å². The summed E-state index contributed by atoms with van der Waals surface area (Å²) in [6.45, 7) is 2.39. The minimum Gasteiger partial charge on any atom is -0.493 e. The first kappa shape index (κ1) is 18.5. The summed E-state index contributed by atoms with van der Waals surface area (Å²) in [4.78, 5) is 25.7. The van der Waals surface area contributed by atoms with E-state index < -0.39 is 0 Å². The minimum atomic E-state index is -0.209. The quantitative estimate of drug-likeness (QED) is 0.841. The number of carbonyl (C=O) groups excluding carboxylic acids is 2. The van der Waals surface area contributed by atoms with Crippen LogP contribution in [0, 0.1) is 0 Å². The minimum absolute atomic E-state index is 0.102. The average molecular weight is 340 g/mol. The zero-order valence-electron chi connectivity index (χ0n) is 14.9. The van der Waals surface area contributed by atoms with Crippen molar-refractivity contribution >= 4 is 17.5 Å². The normalized spacial score (nSPS) is 10.2. The van der Waals surface area contributed by atoms with Crippen LogP contribution in [0.2, 0.25) is 0 Å². The Morgan fingerprint density at radius 3 is 2.36 bits per heavy atom. The van der Waals surface area contributed by atoms with E-state index in [0.29, 0.717) is 36.4 Å². The molecule has 132 valence electrons. The third-order valence-electron chi connectivity index (χ3n) is 3.77. The Morgan fingerprint density at radius 2 is 1.72 bits per heavy atom. The summed E-state index contributed by atoms with van der Waals surface area (Å²) < 4.78 is 5.49. The van der Waals surface area contributed by atoms with Gasteiger partial charge in [0.2, 0.25) is 5.91 Å². The van der Waals surface area contributed by atoms with Gasteiger partial charge in [-0.15, -0.1) is 0 Å². The Morgan fingerprint density at radius 1 is 1.04 bits per heavy atom. The lowest BCUT2D eigenvalue weighted by Crippen LogP contribution is -2.21. The number of ether oxygens (including phenoxy) is 1. The van der Waals surface area contributed by atoms with E-state index in [9.17, 15) is 9.59 Å². The number of hydrogen-bond donors (Lipinski definition) is 1. The van der Waals surface area contributed by atoms with Crippen LogP contribution in [0.25, 0.3) is 0 Å². The number of aryl methyl sites for hydroxylation is 1. The molecule has 0 bridgehead atoms. The Balaban J connectivity index is 1.99. The lowest BCUT2D eigenvalue weighted by atomic mass is 10.1. The van der Waals surface area contributed by atoms with Crippen molar-refractivity contribution in [2.45, 2.75) is 19.8 Å². The van der Waals surface area contributed by atoms with Crippen molar-refractivity contribution in [3.05, 3.63) is 59.7 Å². The molecule has 0 aliphatic heterocycles. The highest BCUT2D eigenvalue weighted by Crippen LogP contribution is 2.20. The van der Waals surface area contributed by atoms with Gasteiger partial charge in [0.1, 0.15) is 5.75 Å². The van der Waals surface area contributed by atoms with Crippen LogP contribution in [0.15, 0.2) is 48.5 Å². The van der Waals surface area contributed by atoms with Crippen molar-refractivity contribution in [3.8, 4) is 5.75 Å². The van der Waals surface area contributed by atoms with Crippen LogP contribution in [-0.2, 0) is 11.2 Å². The number of rotatable bonds is 7. The van der Waals surface area contributed by atoms with Gasteiger partial charge in [-0.25, -0.2) is 0 Å². The first-order chi connectivity index (χ1) is 12.0. The molecule has 1 N–H and O–H groups in total. The highest BCUT2D eigenvalue weighted by molar-refractivity contribution is 6.06. The van der Waals surface area contributed by atoms with Crippen LogP contribution >= 0.6 is 0 Å². The maximum atomic E-state index is 12.4. The zero-order valence-corrected chi connectivity index (χ0v) is 14.9. The Hall–Kier alpha value is -2.82. The van der Waals surface area contributed by atoms with Crippen LogP contribution in [0.4, 0.5) is 5.69 Å². The summed E-state index contributed by atoms with van der Waals surface area (Å²) >= 11 is 0. The fourth-order valence-corrected chi connectivity index (χ4v) is 2.36. The van der Waals surface area contributed by atoms with E-state index in [-0.39, 0.29) is 11.8 Å². The van der Waals surface area contributed by atoms with Crippen molar-refractivity contribution in [2.75, 3.05) is 26.0 Å². The molecule has 5 heteroatoms. The number of benzene rings is 2. The fourth-order valence-electron chi connectivity index (χ4n) is 2.36. The lowest BCUT2D eigenvalue weighted by Gasteiger charge is -2.11. The highest BCUT2D eigenvalue weighted by Gasteiger charge is 2.12. The van der Waals surface area contributed by atoms with Gasteiger partial charge in [-0.2, -0.15) is 0 Å². The first-order valence-electron chi connectivity index (χ1n) is 8.33. The SMILES string of the molecule is CCOc1ccccc1C(=O)Nc1ccc(CCC(=O)N(C)C)cc1. The van der Waals surface area contributed by atoms with Gasteiger partial charge in [0, 0.05) is 26.2 Å². The van der Waals surface area contributed by atoms with Gasteiger partial charge in [0.15, 0.2) is 0 Å². The number of anilines is 1. The summed E-state index contributed by atoms with van der Waals surface area (Å²) in [6, 6.07) is 14.7. The van der Waals surface area contributed by atoms with E-state index in [1.54, 1.807) is 31.1 Å². The zero-order chi connectivity index (χ0) is 18.2. The standard InChI is InChI=1S/C20H24N2O3/c1-4-25-18-8-6-5-7-17(18)20(24)21-16-12-9-15(10-13-16)11-14-19(23)22(2)3/h5-10,12-13H,4,11,14H2,1-3H3,(H,21,24). The van der Waals surface area contributed by atoms with Crippen LogP contribution < -0.4 is 10.1 Å². The van der Waals surface area contributed by atoms with Crippen LogP contribution in [0.5, 0.6) is 5.75 Å². The van der Waals surface area contributed by atoms with Gasteiger partial charge < -0.3 is 15.0 Å². The lowest BCUT2D eigenvalue weighted by molar-refractivity contribution is -0.128. The summed E-state index contributed by atoms with van der Waals surface area (Å²) in [5.41, 5.74) is 2.27. The Kier molecular flexibility index (Phi) is 6.57. The molecule has 0 spiro atoms. The third-order valence-corrected chi connectivity index (χ3v) is 3.77. The van der Waals surface area contributed by atoms with Gasteiger partial charge in [-0.1, -0.05) is 24.3 Å². The van der Waals surface area contributed by atoms with Gasteiger partial charge in [-0.05, 0) is 43.2 Å². The summed E-state index contributed by atoms with van der Waals surface area (Å²) in [5, 5.41) is 2.87. The van der Waals surface area contributed by atoms with Gasteiger partial charge in [0.05, 0.1) is 12.2 Å². The fraction of sp³-hybridized carbons (Fsp3) is 0.300. The molecule has 0 unspecified atom stereocenters. The van der Waals surface area contributed by atoms with Crippen molar-refractivity contribution < 1.29 is 14.3 Å². The van der Waals surface area contributed by atoms with Crippen molar-refractivity contribution in [3.63, 3.8) is 0 Å². The number of nitrogens with zero attached hydrogens (tertiary/aromatic N) is 1. The molecule has 0 saturated carbocycles. The molecule has 25 heavy (non-hydrogen) atoms. The molecule has 5 nitrogen and oxygen atoms in total. The monoisotopic (exact) mass is 340 g/mol. The molecule has 0 aliphatic rings. The summed E-state index contributed by atoms with van der Waals surface area (Å²) in [6.07, 6.45) is 1.15. The number of hydrogen-bond acceptors (Lipinski definition) is 3. The average Bonchev–Trinajstić information content (AvgIpc) is 2.61. The van der Waals surface area contributed by atoms with E-state index in [2.05, 4.69) is 5.32 Å². The topological polar surface area (TPSA) is 58.6 Å². The Labute approximate surface area is 148 Å². The van der Waals surface area contributed by atoms with Crippen molar-refractivity contribution in [2.24, 2.45) is 0 Å². The molecule has 2 amide bonds. The predicted molar refractivity (Wildman–Crippen MR) is 99.0 cm³/mol. The second-order valence-electron chi connectivity index (χ2n) is 5.87. The molecule has 0 fully saturated rings. The first-order valence-corrected chi connectivity index (χ1v) is 8.33. The number of amides is 2. The second kappa shape index (κ2) is 8.87. The maximum absolute atomic E-state index is 12.4. The third kappa shape index (κ3) is 5.35. The molecule has 0 saturated heterocycles. The molecular weight excluding hydrogens is 316 g/mol. The maximum Gasteiger partial charge on any atom is 0.259 e. The molecule has 2 aromatic carbocycles. The van der Waals surface area contributed by atoms with Crippen LogP contribution in [0.3, 0.4) is 0 Å². The van der Waals surface area contributed by atoms with Gasteiger partial charge in [0.25, 0.3) is 5.91 Å². The van der Waals surface area contributed by atoms with Gasteiger partial charge in [-0.3, -0.25) is 9.59 Å². The molecule has 0 aromatic heterocycles. The summed E-state index contributed by atoms with van der Waals surface area (Å²) in [5.74, 6) is 0.464. The van der Waals surface area contributed by atoms with E-state index in [4.69, 9.17) is 4.74 Å². The molecule has 0 atom stereocenters. The largest absolute Gasteiger partial charge is 0.493 e. The number of para-hydroxylation sites is 1. The highest BCUT2D eigenvalue weighted by atomic mass is 16.5. The van der Waals surface area contributed by atoms with E-state index in [1.807, 2.05) is 43.3 Å². The smallest absolute Gasteiger partial charge is 0.259 e. The molecule has 0 radical (unpaired) electrons. The second-order valence-corrected chi connectivity index (χ2v) is 5.87. The van der Waals surface area contributed by atoms with E-state index in [1.165, 1.54) is 0 Å². The molecule has 2 aromatic rings. The van der Waals surface area contributed by atoms with E-state index in [0.717, 1.165) is 5.56 Å². The Bertz CT molecular complexity index is 724. The van der Waals surface area contributed by atoms with Crippen molar-refractivity contribution in [1.29, 1.82) is 0 Å². The molecular formula is C20H24N2O3. The number of carbonyl (C=O) groups is 2. The van der Waals surface area contributed by atoms with Crippen LogP contribution in [0.1, 0.15) is 29.3 Å². The summed E-state index contributed by atoms with van der Waals surface area (Å²) in [7, 11) is 3.50. The van der Waals surface area contributed by atoms with Crippen molar-refractivity contribution in [1.82, 2.24) is 4.90 Å². The van der Waals surface area contributed by atoms with Gasteiger partial charge >= 0.3 is 0 Å².